The number of halogens is 4. The molecule has 0 saturated carbocycles. The Labute approximate surface area is 202 Å². The lowest BCUT2D eigenvalue weighted by Crippen LogP contribution is -2.28. The Bertz CT molecular complexity index is 1300. The van der Waals surface area contributed by atoms with Crippen LogP contribution in [-0.4, -0.2) is 17.4 Å². The van der Waals surface area contributed by atoms with Gasteiger partial charge < -0.3 is 15.1 Å². The van der Waals surface area contributed by atoms with Crippen molar-refractivity contribution in [3.8, 4) is 10.6 Å². The molecule has 0 radical (unpaired) electrons. The first kappa shape index (κ1) is 24.5. The zero-order chi connectivity index (χ0) is 25.0. The Morgan fingerprint density at radius 2 is 1.91 bits per heavy atom. The zero-order valence-electron chi connectivity index (χ0n) is 18.5. The molecule has 0 saturated heterocycles. The Hall–Kier alpha value is -3.66. The summed E-state index contributed by atoms with van der Waals surface area (Å²) in [4.78, 5) is 15.8. The number of nitrogens with zero attached hydrogens (tertiary/aromatic N) is 1. The van der Waals surface area contributed by atoms with Gasteiger partial charge in [-0.2, -0.15) is 13.2 Å². The van der Waals surface area contributed by atoms with Gasteiger partial charge in [-0.1, -0.05) is 24.3 Å². The van der Waals surface area contributed by atoms with E-state index < -0.39 is 34.5 Å². The number of hydrogen-bond acceptors (Lipinski definition) is 5. The number of thiazole rings is 1. The summed E-state index contributed by atoms with van der Waals surface area (Å²) in [5, 5.41) is 5.65. The molecule has 182 valence electrons. The van der Waals surface area contributed by atoms with Crippen LogP contribution in [0, 0.1) is 5.82 Å². The van der Waals surface area contributed by atoms with Gasteiger partial charge in [0, 0.05) is 24.2 Å². The highest BCUT2D eigenvalue weighted by molar-refractivity contribution is 7.17. The summed E-state index contributed by atoms with van der Waals surface area (Å²) in [5.74, 6) is -0.804. The van der Waals surface area contributed by atoms with E-state index in [1.807, 2.05) is 24.3 Å². The first-order valence-electron chi connectivity index (χ1n) is 10.7. The Morgan fingerprint density at radius 3 is 2.63 bits per heavy atom. The number of rotatable bonds is 8. The molecule has 0 aliphatic carbocycles. The van der Waals surface area contributed by atoms with Gasteiger partial charge in [0.2, 0.25) is 0 Å². The van der Waals surface area contributed by atoms with Gasteiger partial charge in [-0.15, -0.1) is 11.3 Å². The molecule has 4 rings (SSSR count). The molecule has 1 unspecified atom stereocenters. The van der Waals surface area contributed by atoms with Crippen molar-refractivity contribution in [2.45, 2.75) is 25.6 Å². The quantitative estimate of drug-likeness (QED) is 0.263. The number of nitrogens with one attached hydrogen (secondary N) is 2. The molecule has 0 fully saturated rings. The van der Waals surface area contributed by atoms with Crippen LogP contribution in [0.1, 0.15) is 39.7 Å². The van der Waals surface area contributed by atoms with Crippen LogP contribution in [0.25, 0.3) is 10.6 Å². The molecule has 0 aliphatic rings. The van der Waals surface area contributed by atoms with Crippen LogP contribution in [0.4, 0.5) is 23.2 Å². The van der Waals surface area contributed by atoms with Gasteiger partial charge in [0.1, 0.15) is 21.5 Å². The lowest BCUT2D eigenvalue weighted by molar-refractivity contribution is -0.141. The third-order valence-electron chi connectivity index (χ3n) is 5.22. The predicted molar refractivity (Wildman–Crippen MR) is 126 cm³/mol. The number of hydrogen-bond donors (Lipinski definition) is 2. The molecule has 10 heteroatoms. The average molecular weight is 504 g/mol. The minimum Gasteiger partial charge on any atom is -0.469 e. The minimum absolute atomic E-state index is 0.0941. The number of benzene rings is 2. The van der Waals surface area contributed by atoms with Crippen molar-refractivity contribution in [2.24, 2.45) is 0 Å². The summed E-state index contributed by atoms with van der Waals surface area (Å²) in [6.45, 7) is 2.29. The molecule has 4 aromatic rings. The maximum atomic E-state index is 14.1. The van der Waals surface area contributed by atoms with E-state index >= 15 is 0 Å². The maximum absolute atomic E-state index is 14.1. The molecule has 2 N–H and O–H groups in total. The lowest BCUT2D eigenvalue weighted by Gasteiger charge is -2.16. The summed E-state index contributed by atoms with van der Waals surface area (Å²) >= 11 is 0.507. The van der Waals surface area contributed by atoms with E-state index in [9.17, 15) is 22.4 Å². The molecule has 35 heavy (non-hydrogen) atoms. The van der Waals surface area contributed by atoms with E-state index in [2.05, 4.69) is 15.6 Å². The largest absolute Gasteiger partial charge is 0.469 e. The highest BCUT2D eigenvalue weighted by Crippen LogP contribution is 2.38. The van der Waals surface area contributed by atoms with Gasteiger partial charge in [0.05, 0.1) is 12.3 Å². The normalized spacial score (nSPS) is 12.4. The van der Waals surface area contributed by atoms with Crippen molar-refractivity contribution in [1.82, 2.24) is 10.3 Å². The van der Waals surface area contributed by atoms with Gasteiger partial charge in [0.15, 0.2) is 5.69 Å². The second-order valence-electron chi connectivity index (χ2n) is 7.75. The molecule has 1 amide bonds. The first-order chi connectivity index (χ1) is 16.7. The fourth-order valence-corrected chi connectivity index (χ4v) is 4.48. The number of carbonyl (C=O) groups excluding carboxylic acids is 1. The minimum atomic E-state index is -4.87. The van der Waals surface area contributed by atoms with Crippen molar-refractivity contribution >= 4 is 22.9 Å². The average Bonchev–Trinajstić information content (AvgIpc) is 3.50. The molecule has 0 aliphatic heterocycles. The lowest BCUT2D eigenvalue weighted by atomic mass is 10.1. The van der Waals surface area contributed by atoms with Crippen molar-refractivity contribution in [3.63, 3.8) is 0 Å². The summed E-state index contributed by atoms with van der Waals surface area (Å²) < 4.78 is 60.3. The SMILES string of the molecule is CC(NC(=O)c1sc(-c2ccccc2F)nc1C(F)(F)F)c1cccc(NCCc2ccco2)c1. The molecule has 1 atom stereocenters. The smallest absolute Gasteiger partial charge is 0.435 e. The Balaban J connectivity index is 1.50. The Kier molecular flexibility index (Phi) is 7.20. The standard InChI is InChI=1S/C25H21F4N3O2S/c1-15(16-6-4-7-17(14-16)30-12-11-18-8-5-13-34-18)31-23(33)21-22(25(27,28)29)32-24(35-21)19-9-2-3-10-20(19)26/h2-10,13-15,30H,11-12H2,1H3,(H,31,33). The van der Waals surface area contributed by atoms with Gasteiger partial charge in [-0.25, -0.2) is 9.37 Å². The molecule has 5 nitrogen and oxygen atoms in total. The van der Waals surface area contributed by atoms with Crippen LogP contribution in [0.2, 0.25) is 0 Å². The number of alkyl halides is 3. The second-order valence-corrected chi connectivity index (χ2v) is 8.75. The van der Waals surface area contributed by atoms with E-state index in [1.54, 1.807) is 25.3 Å². The first-order valence-corrected chi connectivity index (χ1v) is 11.5. The van der Waals surface area contributed by atoms with Crippen molar-refractivity contribution in [3.05, 3.63) is 94.6 Å². The van der Waals surface area contributed by atoms with E-state index in [0.717, 1.165) is 17.5 Å². The van der Waals surface area contributed by atoms with Crippen LogP contribution in [0.5, 0.6) is 0 Å². The highest BCUT2D eigenvalue weighted by Gasteiger charge is 2.40. The van der Waals surface area contributed by atoms with E-state index in [1.165, 1.54) is 18.2 Å². The third-order valence-corrected chi connectivity index (χ3v) is 6.31. The maximum Gasteiger partial charge on any atom is 0.435 e. The number of aromatic nitrogens is 1. The van der Waals surface area contributed by atoms with Gasteiger partial charge in [-0.3, -0.25) is 4.79 Å². The third kappa shape index (κ3) is 5.89. The monoisotopic (exact) mass is 503 g/mol. The van der Waals surface area contributed by atoms with Crippen molar-refractivity contribution in [2.75, 3.05) is 11.9 Å². The van der Waals surface area contributed by atoms with E-state index in [0.29, 0.717) is 29.9 Å². The molecule has 0 bridgehead atoms. The van der Waals surface area contributed by atoms with Crippen molar-refractivity contribution < 1.29 is 26.8 Å². The molecular weight excluding hydrogens is 482 g/mol. The Morgan fingerprint density at radius 1 is 1.11 bits per heavy atom. The number of furan rings is 1. The summed E-state index contributed by atoms with van der Waals surface area (Å²) in [7, 11) is 0. The van der Waals surface area contributed by atoms with Crippen LogP contribution in [0.3, 0.4) is 0 Å². The van der Waals surface area contributed by atoms with Gasteiger partial charge in [0.25, 0.3) is 5.91 Å². The number of amides is 1. The fraction of sp³-hybridized carbons (Fsp3) is 0.200. The van der Waals surface area contributed by atoms with E-state index in [4.69, 9.17) is 4.42 Å². The predicted octanol–water partition coefficient (Wildman–Crippen LogP) is 6.71. The number of carbonyl (C=O) groups is 1. The van der Waals surface area contributed by atoms with Crippen LogP contribution in [0.15, 0.2) is 71.3 Å². The summed E-state index contributed by atoms with van der Waals surface area (Å²) in [6.07, 6.45) is -2.58. The van der Waals surface area contributed by atoms with Crippen LogP contribution in [-0.2, 0) is 12.6 Å². The van der Waals surface area contributed by atoms with Gasteiger partial charge >= 0.3 is 6.18 Å². The highest BCUT2D eigenvalue weighted by atomic mass is 32.1. The van der Waals surface area contributed by atoms with Crippen LogP contribution >= 0.6 is 11.3 Å². The second kappa shape index (κ2) is 10.3. The summed E-state index contributed by atoms with van der Waals surface area (Å²) in [6, 6.07) is 15.7. The van der Waals surface area contributed by atoms with Crippen molar-refractivity contribution in [1.29, 1.82) is 0 Å². The van der Waals surface area contributed by atoms with E-state index in [-0.39, 0.29) is 10.6 Å². The topological polar surface area (TPSA) is 67.2 Å². The molecule has 2 aromatic carbocycles. The molecule has 2 aromatic heterocycles. The summed E-state index contributed by atoms with van der Waals surface area (Å²) in [5.41, 5.74) is 0.0710. The zero-order valence-corrected chi connectivity index (χ0v) is 19.3. The molecule has 0 spiro atoms. The fourth-order valence-electron chi connectivity index (χ4n) is 3.46. The van der Waals surface area contributed by atoms with Gasteiger partial charge in [-0.05, 0) is 48.9 Å². The number of anilines is 1. The molecular formula is C25H21F4N3O2S. The van der Waals surface area contributed by atoms with Crippen LogP contribution < -0.4 is 10.6 Å². The molecule has 2 heterocycles.